The fraction of sp³-hybridized carbons (Fsp3) is 0.938. The topological polar surface area (TPSA) is 34.1 Å². The maximum Gasteiger partial charge on any atom is 0.136 e. The molecule has 3 heteroatoms. The second-order valence-electron chi connectivity index (χ2n) is 6.30. The molecule has 2 rings (SSSR count). The number of fused-ring (bicyclic) bond motifs is 2. The lowest BCUT2D eigenvalue weighted by atomic mass is 9.85. The molecule has 110 valence electrons. The van der Waals surface area contributed by atoms with Crippen LogP contribution in [-0.2, 0) is 15.6 Å². The summed E-state index contributed by atoms with van der Waals surface area (Å²) >= 11 is 0. The Hall–Kier alpha value is -0.180. The molecule has 2 fully saturated rings. The highest BCUT2D eigenvalue weighted by Gasteiger charge is 2.39. The van der Waals surface area contributed by atoms with Gasteiger partial charge in [-0.1, -0.05) is 39.0 Å². The highest BCUT2D eigenvalue weighted by Crippen LogP contribution is 2.37. The average Bonchev–Trinajstić information content (AvgIpc) is 2.38. The van der Waals surface area contributed by atoms with E-state index in [9.17, 15) is 9.00 Å². The molecule has 2 aliphatic rings. The van der Waals surface area contributed by atoms with Crippen LogP contribution in [0, 0.1) is 5.92 Å². The number of carbonyl (C=O) groups excluding carboxylic acids is 1. The van der Waals surface area contributed by atoms with Gasteiger partial charge in [0.2, 0.25) is 0 Å². The van der Waals surface area contributed by atoms with E-state index in [-0.39, 0.29) is 5.92 Å². The van der Waals surface area contributed by atoms with Crippen LogP contribution in [0.3, 0.4) is 0 Å². The molecule has 19 heavy (non-hydrogen) atoms. The summed E-state index contributed by atoms with van der Waals surface area (Å²) in [5, 5.41) is 0.670. The number of rotatable bonds is 7. The van der Waals surface area contributed by atoms with Crippen molar-refractivity contribution in [2.45, 2.75) is 88.1 Å². The molecule has 2 aliphatic heterocycles. The van der Waals surface area contributed by atoms with Crippen LogP contribution in [0.5, 0.6) is 0 Å². The fourth-order valence-corrected chi connectivity index (χ4v) is 5.79. The number of unbranched alkanes of at least 4 members (excludes halogenated alkanes) is 4. The molecule has 0 saturated carbocycles. The van der Waals surface area contributed by atoms with Crippen LogP contribution in [0.2, 0.25) is 0 Å². The zero-order valence-corrected chi connectivity index (χ0v) is 13.1. The van der Waals surface area contributed by atoms with Gasteiger partial charge in [0, 0.05) is 33.6 Å². The molecule has 0 radical (unpaired) electrons. The third kappa shape index (κ3) is 4.14. The van der Waals surface area contributed by atoms with Gasteiger partial charge in [0.25, 0.3) is 0 Å². The van der Waals surface area contributed by atoms with Crippen molar-refractivity contribution < 1.29 is 9.00 Å². The van der Waals surface area contributed by atoms with E-state index < -0.39 is 10.8 Å². The summed E-state index contributed by atoms with van der Waals surface area (Å²) in [7, 11) is -0.635. The van der Waals surface area contributed by atoms with Gasteiger partial charge >= 0.3 is 0 Å². The Morgan fingerprint density at radius 3 is 2.32 bits per heavy atom. The van der Waals surface area contributed by atoms with Gasteiger partial charge in [0.05, 0.1) is 0 Å². The van der Waals surface area contributed by atoms with Crippen molar-refractivity contribution in [1.82, 2.24) is 0 Å². The minimum absolute atomic E-state index is 0.235. The Morgan fingerprint density at radius 2 is 1.68 bits per heavy atom. The van der Waals surface area contributed by atoms with E-state index in [4.69, 9.17) is 0 Å². The molecule has 2 bridgehead atoms. The number of ketones is 1. The Bertz CT molecular complexity index is 311. The molecule has 0 aliphatic carbocycles. The van der Waals surface area contributed by atoms with Crippen molar-refractivity contribution in [3.63, 3.8) is 0 Å². The van der Waals surface area contributed by atoms with Crippen LogP contribution >= 0.6 is 0 Å². The van der Waals surface area contributed by atoms with Crippen molar-refractivity contribution in [1.29, 1.82) is 0 Å². The quantitative estimate of drug-likeness (QED) is 0.662. The number of Topliss-reactive ketones (excluding diaryl/α,β-unsaturated/α-hetero) is 1. The monoisotopic (exact) mass is 284 g/mol. The summed E-state index contributed by atoms with van der Waals surface area (Å²) in [5.41, 5.74) is 0. The maximum atomic E-state index is 12.3. The van der Waals surface area contributed by atoms with Gasteiger partial charge in [-0.05, 0) is 32.1 Å². The maximum absolute atomic E-state index is 12.3. The second kappa shape index (κ2) is 7.56. The van der Waals surface area contributed by atoms with Gasteiger partial charge in [-0.15, -0.1) is 0 Å². The summed E-state index contributed by atoms with van der Waals surface area (Å²) in [6.07, 6.45) is 12.1. The lowest BCUT2D eigenvalue weighted by Gasteiger charge is -2.37. The molecule has 0 aromatic carbocycles. The SMILES string of the molecule is CCCCCCCC(=O)C1CC2CCCC(C1)S2=O. The Balaban J connectivity index is 1.73. The molecule has 2 unspecified atom stereocenters. The first-order valence-electron chi connectivity index (χ1n) is 8.14. The van der Waals surface area contributed by atoms with Crippen molar-refractivity contribution in [3.05, 3.63) is 0 Å². The van der Waals surface area contributed by atoms with E-state index in [0.717, 1.165) is 38.5 Å². The highest BCUT2D eigenvalue weighted by atomic mass is 32.2. The van der Waals surface area contributed by atoms with Gasteiger partial charge in [-0.3, -0.25) is 9.00 Å². The smallest absolute Gasteiger partial charge is 0.136 e. The Morgan fingerprint density at radius 1 is 1.05 bits per heavy atom. The summed E-state index contributed by atoms with van der Waals surface area (Å²) in [5.74, 6) is 0.698. The Labute approximate surface area is 120 Å². The number of carbonyl (C=O) groups is 1. The summed E-state index contributed by atoms with van der Waals surface area (Å²) in [4.78, 5) is 12.3. The molecule has 0 N–H and O–H groups in total. The van der Waals surface area contributed by atoms with Gasteiger partial charge in [0.1, 0.15) is 5.78 Å². The van der Waals surface area contributed by atoms with E-state index in [1.165, 1.54) is 32.1 Å². The third-order valence-electron chi connectivity index (χ3n) is 4.79. The van der Waals surface area contributed by atoms with E-state index in [1.807, 2.05) is 0 Å². The van der Waals surface area contributed by atoms with Crippen LogP contribution in [-0.4, -0.2) is 20.5 Å². The zero-order chi connectivity index (χ0) is 13.7. The first-order valence-corrected chi connectivity index (χ1v) is 9.42. The summed E-state index contributed by atoms with van der Waals surface area (Å²) in [6.45, 7) is 2.21. The predicted molar refractivity (Wildman–Crippen MR) is 80.7 cm³/mol. The molecule has 2 nitrogen and oxygen atoms in total. The summed E-state index contributed by atoms with van der Waals surface area (Å²) in [6, 6.07) is 0. The number of hydrogen-bond donors (Lipinski definition) is 0. The first kappa shape index (κ1) is 15.2. The van der Waals surface area contributed by atoms with Gasteiger partial charge in [-0.25, -0.2) is 0 Å². The molecular formula is C16H28O2S. The standard InChI is InChI=1S/C16H28O2S/c1-2-3-4-5-6-10-16(17)13-11-14-8-7-9-15(12-13)19(14)18/h13-15H,2-12H2,1H3. The molecule has 0 aromatic rings. The zero-order valence-electron chi connectivity index (χ0n) is 12.2. The molecular weight excluding hydrogens is 256 g/mol. The lowest BCUT2D eigenvalue weighted by Crippen LogP contribution is -2.41. The van der Waals surface area contributed by atoms with E-state index in [0.29, 0.717) is 16.3 Å². The number of hydrogen-bond acceptors (Lipinski definition) is 2. The van der Waals surface area contributed by atoms with Gasteiger partial charge < -0.3 is 0 Å². The highest BCUT2D eigenvalue weighted by molar-refractivity contribution is 7.86. The van der Waals surface area contributed by atoms with E-state index in [1.54, 1.807) is 0 Å². The summed E-state index contributed by atoms with van der Waals surface area (Å²) < 4.78 is 12.1. The van der Waals surface area contributed by atoms with Crippen LogP contribution < -0.4 is 0 Å². The van der Waals surface area contributed by atoms with Crippen molar-refractivity contribution in [3.8, 4) is 0 Å². The van der Waals surface area contributed by atoms with Gasteiger partial charge in [-0.2, -0.15) is 0 Å². The van der Waals surface area contributed by atoms with E-state index in [2.05, 4.69) is 6.92 Å². The van der Waals surface area contributed by atoms with Gasteiger partial charge in [0.15, 0.2) is 0 Å². The van der Waals surface area contributed by atoms with Crippen molar-refractivity contribution >= 4 is 16.6 Å². The molecule has 2 saturated heterocycles. The van der Waals surface area contributed by atoms with Crippen LogP contribution in [0.15, 0.2) is 0 Å². The predicted octanol–water partition coefficient (Wildman–Crippen LogP) is 4.00. The molecule has 0 aromatic heterocycles. The van der Waals surface area contributed by atoms with Crippen molar-refractivity contribution in [2.75, 3.05) is 0 Å². The minimum Gasteiger partial charge on any atom is -0.299 e. The molecule has 0 amide bonds. The molecule has 2 heterocycles. The minimum atomic E-state index is -0.635. The van der Waals surface area contributed by atoms with Crippen LogP contribution in [0.1, 0.15) is 77.6 Å². The first-order chi connectivity index (χ1) is 9.22. The third-order valence-corrected chi connectivity index (χ3v) is 6.96. The Kier molecular flexibility index (Phi) is 6.06. The average molecular weight is 284 g/mol. The lowest BCUT2D eigenvalue weighted by molar-refractivity contribution is -0.123. The van der Waals surface area contributed by atoms with Crippen LogP contribution in [0.4, 0.5) is 0 Å². The largest absolute Gasteiger partial charge is 0.299 e. The van der Waals surface area contributed by atoms with E-state index >= 15 is 0 Å². The van der Waals surface area contributed by atoms with Crippen molar-refractivity contribution in [2.24, 2.45) is 5.92 Å². The normalized spacial score (nSPS) is 34.2. The molecule has 0 spiro atoms. The van der Waals surface area contributed by atoms with Crippen LogP contribution in [0.25, 0.3) is 0 Å². The second-order valence-corrected chi connectivity index (χ2v) is 8.29. The molecule has 2 atom stereocenters. The fourth-order valence-electron chi connectivity index (χ4n) is 3.60.